The van der Waals surface area contributed by atoms with E-state index >= 15 is 0 Å². The fraction of sp³-hybridized carbons (Fsp3) is 0.286. The fourth-order valence-electron chi connectivity index (χ4n) is 0.877. The van der Waals surface area contributed by atoms with Crippen molar-refractivity contribution in [2.24, 2.45) is 0 Å². The summed E-state index contributed by atoms with van der Waals surface area (Å²) in [5, 5.41) is 8.52. The first kappa shape index (κ1) is 7.02. The average molecular weight is 140 g/mol. The maximum atomic E-state index is 10.4. The van der Waals surface area contributed by atoms with Gasteiger partial charge in [-0.15, -0.1) is 0 Å². The van der Waals surface area contributed by atoms with Gasteiger partial charge in [0.1, 0.15) is 18.3 Å². The molecule has 1 unspecified atom stereocenters. The third kappa shape index (κ3) is 1.45. The summed E-state index contributed by atoms with van der Waals surface area (Å²) in [6.07, 6.45) is 5.19. The Morgan fingerprint density at radius 1 is 1.80 bits per heavy atom. The highest BCUT2D eigenvalue weighted by molar-refractivity contribution is 5.89. The molecule has 0 aromatic heterocycles. The van der Waals surface area contributed by atoms with E-state index in [9.17, 15) is 4.79 Å². The molecule has 1 rings (SSSR count). The van der Waals surface area contributed by atoms with Crippen molar-refractivity contribution in [2.45, 2.75) is 0 Å². The summed E-state index contributed by atoms with van der Waals surface area (Å²) in [5.74, 6) is -0.852. The van der Waals surface area contributed by atoms with Gasteiger partial charge in [0.25, 0.3) is 0 Å². The third-order valence-corrected chi connectivity index (χ3v) is 1.39. The number of hydrogen-bond acceptors (Lipinski definition) is 1. The van der Waals surface area contributed by atoms with E-state index in [1.165, 1.54) is 0 Å². The van der Waals surface area contributed by atoms with Gasteiger partial charge in [-0.25, -0.2) is 4.79 Å². The van der Waals surface area contributed by atoms with Crippen LogP contribution in [0.2, 0.25) is 0 Å². The minimum atomic E-state index is -0.852. The van der Waals surface area contributed by atoms with Gasteiger partial charge in [-0.3, -0.25) is 0 Å². The summed E-state index contributed by atoms with van der Waals surface area (Å²) < 4.78 is 0. The second-order valence-electron chi connectivity index (χ2n) is 2.36. The van der Waals surface area contributed by atoms with Crippen molar-refractivity contribution in [3.63, 3.8) is 0 Å². The van der Waals surface area contributed by atoms with Gasteiger partial charge in [-0.1, -0.05) is 0 Å². The summed E-state index contributed by atoms with van der Waals surface area (Å²) in [4.78, 5) is 11.5. The van der Waals surface area contributed by atoms with E-state index in [0.717, 1.165) is 11.4 Å². The zero-order chi connectivity index (χ0) is 7.56. The van der Waals surface area contributed by atoms with Crippen LogP contribution in [0.3, 0.4) is 0 Å². The van der Waals surface area contributed by atoms with Gasteiger partial charge in [0.15, 0.2) is 0 Å². The molecule has 0 amide bonds. The number of carboxylic acid groups (broad SMARTS) is 1. The zero-order valence-electron chi connectivity index (χ0n) is 5.79. The van der Waals surface area contributed by atoms with E-state index in [1.54, 1.807) is 12.3 Å². The number of aliphatic carboxylic acids is 1. The molecule has 0 aliphatic carbocycles. The van der Waals surface area contributed by atoms with Crippen LogP contribution in [0.25, 0.3) is 0 Å². The number of hydrogen-bond donors (Lipinski definition) is 2. The topological polar surface area (TPSA) is 41.7 Å². The number of carbonyl (C=O) groups is 1. The molecule has 1 aliphatic heterocycles. The molecule has 2 N–H and O–H groups in total. The molecule has 0 spiro atoms. The van der Waals surface area contributed by atoms with Crippen LogP contribution in [0.15, 0.2) is 23.9 Å². The summed E-state index contributed by atoms with van der Waals surface area (Å²) in [5.41, 5.74) is 0.378. The molecule has 1 heterocycles. The minimum absolute atomic E-state index is 0.378. The SMILES string of the molecule is C[NH+]1C=C(C(=O)O)C=CC1. The highest BCUT2D eigenvalue weighted by Crippen LogP contribution is 1.95. The molecule has 0 bridgehead atoms. The Kier molecular flexibility index (Phi) is 1.87. The van der Waals surface area contributed by atoms with Gasteiger partial charge in [-0.05, 0) is 12.2 Å². The van der Waals surface area contributed by atoms with Crippen LogP contribution in [0.1, 0.15) is 0 Å². The lowest BCUT2D eigenvalue weighted by Gasteiger charge is -2.09. The Hall–Kier alpha value is -1.09. The Bertz CT molecular complexity index is 206. The van der Waals surface area contributed by atoms with Crippen LogP contribution in [-0.4, -0.2) is 24.7 Å². The molecule has 0 aromatic rings. The third-order valence-electron chi connectivity index (χ3n) is 1.39. The lowest BCUT2D eigenvalue weighted by atomic mass is 10.2. The maximum absolute atomic E-state index is 10.4. The highest BCUT2D eigenvalue weighted by Gasteiger charge is 2.10. The van der Waals surface area contributed by atoms with E-state index in [-0.39, 0.29) is 0 Å². The normalized spacial score (nSPS) is 24.1. The Balaban J connectivity index is 2.76. The molecule has 10 heavy (non-hydrogen) atoms. The first-order valence-electron chi connectivity index (χ1n) is 3.14. The van der Waals surface area contributed by atoms with Crippen molar-refractivity contribution in [3.8, 4) is 0 Å². The van der Waals surface area contributed by atoms with Crippen molar-refractivity contribution >= 4 is 5.97 Å². The second-order valence-corrected chi connectivity index (χ2v) is 2.36. The molecular weight excluding hydrogens is 130 g/mol. The van der Waals surface area contributed by atoms with Crippen LogP contribution < -0.4 is 4.90 Å². The van der Waals surface area contributed by atoms with E-state index in [2.05, 4.69) is 0 Å². The van der Waals surface area contributed by atoms with Crippen molar-refractivity contribution in [1.29, 1.82) is 0 Å². The van der Waals surface area contributed by atoms with Gasteiger partial charge in [0.05, 0.1) is 7.05 Å². The zero-order valence-corrected chi connectivity index (χ0v) is 5.79. The quantitative estimate of drug-likeness (QED) is 0.492. The van der Waals surface area contributed by atoms with Crippen molar-refractivity contribution in [2.75, 3.05) is 13.6 Å². The summed E-state index contributed by atoms with van der Waals surface area (Å²) >= 11 is 0. The number of likely N-dealkylation sites (N-methyl/N-ethyl adjacent to an activating group) is 1. The van der Waals surface area contributed by atoms with E-state index in [4.69, 9.17) is 5.11 Å². The van der Waals surface area contributed by atoms with Crippen molar-refractivity contribution in [3.05, 3.63) is 23.9 Å². The van der Waals surface area contributed by atoms with Crippen molar-refractivity contribution in [1.82, 2.24) is 0 Å². The van der Waals surface area contributed by atoms with Gasteiger partial charge >= 0.3 is 5.97 Å². The first-order valence-corrected chi connectivity index (χ1v) is 3.14. The molecule has 54 valence electrons. The largest absolute Gasteiger partial charge is 0.477 e. The fourth-order valence-corrected chi connectivity index (χ4v) is 0.877. The number of quaternary nitrogens is 1. The number of nitrogens with one attached hydrogen (secondary N) is 1. The molecule has 0 fully saturated rings. The van der Waals surface area contributed by atoms with E-state index < -0.39 is 5.97 Å². The molecule has 1 aliphatic rings. The van der Waals surface area contributed by atoms with Crippen molar-refractivity contribution < 1.29 is 14.8 Å². The smallest absolute Gasteiger partial charge is 0.341 e. The predicted octanol–water partition coefficient (Wildman–Crippen LogP) is -0.961. The lowest BCUT2D eigenvalue weighted by molar-refractivity contribution is -0.818. The average Bonchev–Trinajstić information content (AvgIpc) is 1.88. The molecule has 3 nitrogen and oxygen atoms in total. The second kappa shape index (κ2) is 2.66. The minimum Gasteiger partial charge on any atom is -0.477 e. The molecular formula is C7H10NO2+. The van der Waals surface area contributed by atoms with Gasteiger partial charge in [-0.2, -0.15) is 0 Å². The molecule has 0 saturated carbocycles. The molecule has 0 aromatic carbocycles. The monoisotopic (exact) mass is 140 g/mol. The maximum Gasteiger partial charge on any atom is 0.341 e. The Morgan fingerprint density at radius 2 is 2.50 bits per heavy atom. The van der Waals surface area contributed by atoms with Gasteiger partial charge < -0.3 is 10.0 Å². The Morgan fingerprint density at radius 3 is 2.90 bits per heavy atom. The summed E-state index contributed by atoms with van der Waals surface area (Å²) in [6, 6.07) is 0. The number of rotatable bonds is 1. The molecule has 0 saturated heterocycles. The molecule has 3 heteroatoms. The van der Waals surface area contributed by atoms with Crippen LogP contribution in [-0.2, 0) is 4.79 Å². The summed E-state index contributed by atoms with van der Waals surface area (Å²) in [7, 11) is 1.92. The van der Waals surface area contributed by atoms with E-state index in [0.29, 0.717) is 5.57 Å². The van der Waals surface area contributed by atoms with Crippen LogP contribution in [0.5, 0.6) is 0 Å². The first-order chi connectivity index (χ1) is 4.70. The number of carboxylic acids is 1. The molecule has 0 radical (unpaired) electrons. The highest BCUT2D eigenvalue weighted by atomic mass is 16.4. The van der Waals surface area contributed by atoms with Gasteiger partial charge in [0, 0.05) is 0 Å². The summed E-state index contributed by atoms with van der Waals surface area (Å²) in [6.45, 7) is 0.872. The van der Waals surface area contributed by atoms with Crippen LogP contribution >= 0.6 is 0 Å². The van der Waals surface area contributed by atoms with Crippen LogP contribution in [0, 0.1) is 0 Å². The van der Waals surface area contributed by atoms with Crippen LogP contribution in [0.4, 0.5) is 0 Å². The molecule has 1 atom stereocenters. The lowest BCUT2D eigenvalue weighted by Crippen LogP contribution is -3.04. The van der Waals surface area contributed by atoms with E-state index in [1.807, 2.05) is 13.1 Å². The Labute approximate surface area is 59.3 Å². The standard InChI is InChI=1S/C7H9NO2/c1-8-4-2-3-6(5-8)7(9)10/h2-3,5H,4H2,1H3,(H,9,10)/p+1. The predicted molar refractivity (Wildman–Crippen MR) is 36.6 cm³/mol. The van der Waals surface area contributed by atoms with Gasteiger partial charge in [0.2, 0.25) is 0 Å².